The molecule has 0 atom stereocenters. The third-order valence-corrected chi connectivity index (χ3v) is 4.46. The number of benzene rings is 2. The molecule has 4 rings (SSSR count). The van der Waals surface area contributed by atoms with Crippen molar-refractivity contribution in [2.45, 2.75) is 32.8 Å². The molecule has 0 saturated heterocycles. The fraction of sp³-hybridized carbons (Fsp3) is 0.238. The smallest absolute Gasteiger partial charge is 0.280 e. The molecule has 2 heterocycles. The molecule has 1 amide bonds. The number of ether oxygens (including phenoxy) is 1. The maximum Gasteiger partial charge on any atom is 0.280 e. The van der Waals surface area contributed by atoms with E-state index in [9.17, 15) is 4.79 Å². The van der Waals surface area contributed by atoms with Gasteiger partial charge in [-0.2, -0.15) is 10.1 Å². The van der Waals surface area contributed by atoms with Gasteiger partial charge in [0.15, 0.2) is 0 Å². The van der Waals surface area contributed by atoms with Gasteiger partial charge < -0.3 is 4.74 Å². The second-order valence-corrected chi connectivity index (χ2v) is 7.10. The maximum absolute atomic E-state index is 12.8. The van der Waals surface area contributed by atoms with E-state index in [1.54, 1.807) is 0 Å². The molecule has 0 fully saturated rings. The lowest BCUT2D eigenvalue weighted by Crippen LogP contribution is -2.24. The summed E-state index contributed by atoms with van der Waals surface area (Å²) in [5.41, 5.74) is 4.14. The van der Waals surface area contributed by atoms with Crippen molar-refractivity contribution in [1.29, 1.82) is 0 Å². The predicted octanol–water partition coefficient (Wildman–Crippen LogP) is 4.21. The highest BCUT2D eigenvalue weighted by Crippen LogP contribution is 2.36. The topological polar surface area (TPSA) is 41.9 Å². The van der Waals surface area contributed by atoms with Crippen LogP contribution in [0.4, 0.5) is 5.69 Å². The van der Waals surface area contributed by atoms with Gasteiger partial charge in [0.25, 0.3) is 5.91 Å². The molecule has 4 heteroatoms. The van der Waals surface area contributed by atoms with E-state index in [1.807, 2.05) is 55.5 Å². The molecule has 0 aromatic heterocycles. The van der Waals surface area contributed by atoms with Crippen LogP contribution in [0.25, 0.3) is 6.08 Å². The van der Waals surface area contributed by atoms with Crippen LogP contribution in [0.5, 0.6) is 5.75 Å². The van der Waals surface area contributed by atoms with E-state index in [0.29, 0.717) is 5.57 Å². The van der Waals surface area contributed by atoms with Crippen molar-refractivity contribution < 1.29 is 9.53 Å². The highest BCUT2D eigenvalue weighted by molar-refractivity contribution is 6.32. The highest BCUT2D eigenvalue weighted by atomic mass is 16.5. The average molecular weight is 332 g/mol. The number of carbonyl (C=O) groups excluding carboxylic acids is 1. The Hall–Kier alpha value is -2.88. The SMILES string of the molecule is CC1=NN(c2ccccc2)C(=O)/C1=C\c1ccc2c(c1)CC(C)(C)O2. The minimum absolute atomic E-state index is 0.0965. The number of amides is 1. The Morgan fingerprint density at radius 1 is 1.16 bits per heavy atom. The average Bonchev–Trinajstić information content (AvgIpc) is 3.04. The van der Waals surface area contributed by atoms with Gasteiger partial charge in [0.1, 0.15) is 11.4 Å². The number of anilines is 1. The summed E-state index contributed by atoms with van der Waals surface area (Å²) in [5.74, 6) is 0.835. The van der Waals surface area contributed by atoms with E-state index < -0.39 is 0 Å². The first-order valence-electron chi connectivity index (χ1n) is 8.42. The largest absolute Gasteiger partial charge is 0.487 e. The normalized spacial score (nSPS) is 19.8. The first-order chi connectivity index (χ1) is 11.9. The van der Waals surface area contributed by atoms with E-state index in [1.165, 1.54) is 10.6 Å². The number of hydrogen-bond acceptors (Lipinski definition) is 3. The Balaban J connectivity index is 1.65. The van der Waals surface area contributed by atoms with Crippen LogP contribution >= 0.6 is 0 Å². The lowest BCUT2D eigenvalue weighted by atomic mass is 9.99. The zero-order valence-corrected chi connectivity index (χ0v) is 14.6. The Kier molecular flexibility index (Phi) is 3.49. The molecule has 0 bridgehead atoms. The summed E-state index contributed by atoms with van der Waals surface area (Å²) < 4.78 is 5.92. The maximum atomic E-state index is 12.8. The van der Waals surface area contributed by atoms with Crippen molar-refractivity contribution in [3.8, 4) is 5.75 Å². The molecule has 0 unspecified atom stereocenters. The molecule has 0 N–H and O–H groups in total. The van der Waals surface area contributed by atoms with Gasteiger partial charge in [-0.1, -0.05) is 24.3 Å². The Labute approximate surface area is 147 Å². The van der Waals surface area contributed by atoms with Crippen molar-refractivity contribution in [2.75, 3.05) is 5.01 Å². The number of hydrazone groups is 1. The summed E-state index contributed by atoms with van der Waals surface area (Å²) in [6.45, 7) is 6.03. The molecular formula is C21H20N2O2. The molecule has 2 aliphatic heterocycles. The zero-order valence-electron chi connectivity index (χ0n) is 14.6. The number of para-hydroxylation sites is 1. The second kappa shape index (κ2) is 5.59. The summed E-state index contributed by atoms with van der Waals surface area (Å²) in [5, 5.41) is 5.88. The van der Waals surface area contributed by atoms with E-state index in [0.717, 1.165) is 29.1 Å². The number of fused-ring (bicyclic) bond motifs is 1. The lowest BCUT2D eigenvalue weighted by Gasteiger charge is -2.16. The lowest BCUT2D eigenvalue weighted by molar-refractivity contribution is -0.114. The van der Waals surface area contributed by atoms with E-state index in [4.69, 9.17) is 4.74 Å². The van der Waals surface area contributed by atoms with E-state index in [2.05, 4.69) is 25.0 Å². The van der Waals surface area contributed by atoms with Gasteiger partial charge in [-0.15, -0.1) is 0 Å². The third kappa shape index (κ3) is 2.84. The van der Waals surface area contributed by atoms with Crippen LogP contribution in [0.15, 0.2) is 59.2 Å². The number of nitrogens with zero attached hydrogens (tertiary/aromatic N) is 2. The first-order valence-corrected chi connectivity index (χ1v) is 8.42. The Morgan fingerprint density at radius 3 is 2.68 bits per heavy atom. The van der Waals surface area contributed by atoms with E-state index >= 15 is 0 Å². The fourth-order valence-electron chi connectivity index (χ4n) is 3.31. The molecule has 2 aromatic rings. The minimum Gasteiger partial charge on any atom is -0.487 e. The van der Waals surface area contributed by atoms with Crippen LogP contribution in [0.3, 0.4) is 0 Å². The van der Waals surface area contributed by atoms with Crippen molar-refractivity contribution in [3.63, 3.8) is 0 Å². The molecule has 0 spiro atoms. The standard InChI is InChI=1S/C21H20N2O2/c1-14-18(20(24)23(22-14)17-7-5-4-6-8-17)12-15-9-10-19-16(11-15)13-21(2,3)25-19/h4-12H,13H2,1-3H3/b18-12-. The summed E-state index contributed by atoms with van der Waals surface area (Å²) >= 11 is 0. The molecule has 2 aromatic carbocycles. The van der Waals surface area contributed by atoms with Crippen molar-refractivity contribution in [3.05, 3.63) is 65.2 Å². The van der Waals surface area contributed by atoms with Gasteiger partial charge in [-0.05, 0) is 62.2 Å². The minimum atomic E-state index is -0.168. The van der Waals surface area contributed by atoms with Gasteiger partial charge in [0.05, 0.1) is 17.0 Å². The summed E-state index contributed by atoms with van der Waals surface area (Å²) in [6, 6.07) is 15.6. The van der Waals surface area contributed by atoms with Crippen LogP contribution in [0.2, 0.25) is 0 Å². The summed E-state index contributed by atoms with van der Waals surface area (Å²) in [4.78, 5) is 12.8. The fourth-order valence-corrected chi connectivity index (χ4v) is 3.31. The third-order valence-electron chi connectivity index (χ3n) is 4.46. The number of hydrogen-bond donors (Lipinski definition) is 0. The van der Waals surface area contributed by atoms with Crippen molar-refractivity contribution in [2.24, 2.45) is 5.10 Å². The number of carbonyl (C=O) groups is 1. The zero-order chi connectivity index (χ0) is 17.6. The molecule has 0 aliphatic carbocycles. The van der Waals surface area contributed by atoms with Gasteiger partial charge in [0.2, 0.25) is 0 Å². The quantitative estimate of drug-likeness (QED) is 0.773. The van der Waals surface area contributed by atoms with Crippen LogP contribution in [0.1, 0.15) is 31.9 Å². The van der Waals surface area contributed by atoms with Crippen molar-refractivity contribution in [1.82, 2.24) is 0 Å². The van der Waals surface area contributed by atoms with Crippen LogP contribution < -0.4 is 9.75 Å². The molecule has 4 nitrogen and oxygen atoms in total. The molecule has 0 saturated carbocycles. The molecule has 25 heavy (non-hydrogen) atoms. The Morgan fingerprint density at radius 2 is 1.92 bits per heavy atom. The van der Waals surface area contributed by atoms with E-state index in [-0.39, 0.29) is 11.5 Å². The molecule has 0 radical (unpaired) electrons. The number of rotatable bonds is 2. The molecule has 2 aliphatic rings. The second-order valence-electron chi connectivity index (χ2n) is 7.10. The van der Waals surface area contributed by atoms with Crippen LogP contribution in [-0.2, 0) is 11.2 Å². The van der Waals surface area contributed by atoms with Crippen LogP contribution in [-0.4, -0.2) is 17.2 Å². The van der Waals surface area contributed by atoms with Gasteiger partial charge in [0, 0.05) is 6.42 Å². The Bertz CT molecular complexity index is 911. The van der Waals surface area contributed by atoms with Gasteiger partial charge in [-0.25, -0.2) is 0 Å². The van der Waals surface area contributed by atoms with Gasteiger partial charge >= 0.3 is 0 Å². The summed E-state index contributed by atoms with van der Waals surface area (Å²) in [6.07, 6.45) is 2.78. The highest BCUT2D eigenvalue weighted by Gasteiger charge is 2.31. The predicted molar refractivity (Wildman–Crippen MR) is 99.9 cm³/mol. The molecular weight excluding hydrogens is 312 g/mol. The monoisotopic (exact) mass is 332 g/mol. The molecule has 126 valence electrons. The first kappa shape index (κ1) is 15.6. The van der Waals surface area contributed by atoms with Gasteiger partial charge in [-0.3, -0.25) is 4.79 Å². The van der Waals surface area contributed by atoms with Crippen LogP contribution in [0, 0.1) is 0 Å². The summed E-state index contributed by atoms with van der Waals surface area (Å²) in [7, 11) is 0. The van der Waals surface area contributed by atoms with Crippen molar-refractivity contribution >= 4 is 23.4 Å².